The first-order valence-corrected chi connectivity index (χ1v) is 34.9. The molecule has 0 unspecified atom stereocenters. The van der Waals surface area contributed by atoms with E-state index < -0.39 is 16.1 Å². The molecule has 0 fully saturated rings. The number of hydrogen-bond acceptors (Lipinski definition) is 3. The van der Waals surface area contributed by atoms with Crippen LogP contribution in [0, 0.1) is 0 Å². The van der Waals surface area contributed by atoms with Crippen LogP contribution < -0.4 is 46.2 Å². The lowest BCUT2D eigenvalue weighted by molar-refractivity contribution is 1.25. The molecule has 0 aromatic heterocycles. The maximum absolute atomic E-state index is 7.74. The largest absolute Gasteiger partial charge is 0.356 e. The summed E-state index contributed by atoms with van der Waals surface area (Å²) in [6, 6.07) is 115. The van der Waals surface area contributed by atoms with Gasteiger partial charge in [0.05, 0.1) is 21.4 Å². The second kappa shape index (κ2) is 27.9. The summed E-state index contributed by atoms with van der Waals surface area (Å²) in [6.07, 6.45) is 0. The number of anilines is 8. The van der Waals surface area contributed by atoms with Crippen molar-refractivity contribution in [2.75, 3.05) is 15.1 Å². The molecule has 83 heavy (non-hydrogen) atoms. The number of para-hydroxylation sites is 6. The molecule has 0 heterocycles. The van der Waals surface area contributed by atoms with E-state index in [1.54, 1.807) is 0 Å². The number of halogens is 4. The first kappa shape index (κ1) is 58.2. The van der Waals surface area contributed by atoms with Gasteiger partial charge in [-0.1, -0.05) is 267 Å². The third-order valence-electron chi connectivity index (χ3n) is 15.0. The van der Waals surface area contributed by atoms with E-state index in [4.69, 9.17) is 23.2 Å². The first-order valence-electron chi connectivity index (χ1n) is 27.5. The van der Waals surface area contributed by atoms with Crippen molar-refractivity contribution in [3.05, 3.63) is 347 Å². The Morgan fingerprint density at radius 1 is 0.277 bits per heavy atom. The molecule has 0 radical (unpaired) electrons. The standard InChI is InChI=1S/C43H35ClN2Si.C19H15Br2ClSi.C12H11N/c1-47(38-28-16-6-17-29-38,39-30-18-7-19-31-39)40-32-41(45(34-20-8-2-9-21-34)35-22-10-3-11-23-35)43(44)42(33-40)46(36-24-12-4-13-25-36)37-26-14-5-15-27-37;1-23(14-8-4-2-5-9-14,15-10-6-3-7-11-15)16-12-17(20)19(22)18(21)13-16;1-3-7-11(8-4-1)13-12-9-5-2-6-10-12/h2-33H,1H3;2-13H,1H3;1-10,13H. The van der Waals surface area contributed by atoms with Crippen LogP contribution in [0.3, 0.4) is 0 Å². The van der Waals surface area contributed by atoms with Crippen LogP contribution >= 0.6 is 55.1 Å². The molecule has 0 atom stereocenters. The molecule has 0 amide bonds. The molecule has 0 saturated heterocycles. The molecule has 408 valence electrons. The van der Waals surface area contributed by atoms with E-state index in [0.717, 1.165) is 54.4 Å². The fourth-order valence-corrected chi connectivity index (χ4v) is 19.7. The van der Waals surface area contributed by atoms with E-state index in [9.17, 15) is 0 Å². The summed E-state index contributed by atoms with van der Waals surface area (Å²) in [5.41, 5.74) is 8.25. The number of hydrogen-bond donors (Lipinski definition) is 1. The normalized spacial score (nSPS) is 11.0. The van der Waals surface area contributed by atoms with Gasteiger partial charge in [-0.3, -0.25) is 0 Å². The minimum atomic E-state index is -2.57. The van der Waals surface area contributed by atoms with Crippen LogP contribution in [0.1, 0.15) is 0 Å². The molecule has 9 heteroatoms. The lowest BCUT2D eigenvalue weighted by atomic mass is 10.1. The van der Waals surface area contributed by atoms with Crippen molar-refractivity contribution in [3.8, 4) is 0 Å². The fraction of sp³-hybridized carbons (Fsp3) is 0.0270. The number of nitrogens with zero attached hydrogens (tertiary/aromatic N) is 2. The molecule has 1 N–H and O–H groups in total. The minimum absolute atomic E-state index is 0.673. The van der Waals surface area contributed by atoms with E-state index in [0.29, 0.717) is 10.0 Å². The highest BCUT2D eigenvalue weighted by Crippen LogP contribution is 2.46. The Morgan fingerprint density at radius 3 is 0.747 bits per heavy atom. The molecule has 12 aromatic carbocycles. The van der Waals surface area contributed by atoms with Gasteiger partial charge in [0.2, 0.25) is 0 Å². The lowest BCUT2D eigenvalue weighted by Crippen LogP contribution is -2.64. The molecule has 3 nitrogen and oxygen atoms in total. The van der Waals surface area contributed by atoms with Crippen molar-refractivity contribution in [2.45, 2.75) is 13.1 Å². The summed E-state index contributed by atoms with van der Waals surface area (Å²) in [4.78, 5) is 4.57. The van der Waals surface area contributed by atoms with Gasteiger partial charge in [-0.25, -0.2) is 0 Å². The fourth-order valence-electron chi connectivity index (χ4n) is 10.5. The summed E-state index contributed by atoms with van der Waals surface area (Å²) in [6.45, 7) is 4.85. The van der Waals surface area contributed by atoms with Crippen molar-refractivity contribution in [3.63, 3.8) is 0 Å². The zero-order valence-electron chi connectivity index (χ0n) is 46.1. The van der Waals surface area contributed by atoms with E-state index in [1.165, 1.54) is 31.1 Å². The minimum Gasteiger partial charge on any atom is -0.356 e. The van der Waals surface area contributed by atoms with Crippen LogP contribution in [0.4, 0.5) is 45.5 Å². The van der Waals surface area contributed by atoms with Gasteiger partial charge in [-0.2, -0.15) is 0 Å². The zero-order chi connectivity index (χ0) is 57.4. The summed E-state index contributed by atoms with van der Waals surface area (Å²) >= 11 is 21.2. The summed E-state index contributed by atoms with van der Waals surface area (Å²) < 4.78 is 1.85. The van der Waals surface area contributed by atoms with Crippen molar-refractivity contribution in [1.29, 1.82) is 0 Å². The average molecular weight is 1280 g/mol. The Bertz CT molecular complexity index is 3620. The van der Waals surface area contributed by atoms with E-state index in [1.807, 2.05) is 60.7 Å². The summed E-state index contributed by atoms with van der Waals surface area (Å²) in [7, 11) is -4.65. The van der Waals surface area contributed by atoms with E-state index in [-0.39, 0.29) is 0 Å². The Hall–Kier alpha value is -7.99. The van der Waals surface area contributed by atoms with Gasteiger partial charge < -0.3 is 15.1 Å². The third-order valence-corrected chi connectivity index (χ3v) is 26.3. The molecular formula is C74H61Br2Cl2N3Si2. The van der Waals surface area contributed by atoms with Gasteiger partial charge in [-0.05, 0) is 160 Å². The molecular weight excluding hydrogens is 1220 g/mol. The zero-order valence-corrected chi connectivity index (χ0v) is 52.8. The van der Waals surface area contributed by atoms with E-state index >= 15 is 0 Å². The maximum atomic E-state index is 7.74. The highest BCUT2D eigenvalue weighted by atomic mass is 79.9. The molecule has 0 spiro atoms. The van der Waals surface area contributed by atoms with Gasteiger partial charge in [0.15, 0.2) is 0 Å². The van der Waals surface area contributed by atoms with Gasteiger partial charge in [0, 0.05) is 43.1 Å². The molecule has 0 aliphatic rings. The van der Waals surface area contributed by atoms with Crippen LogP contribution in [-0.2, 0) is 0 Å². The topological polar surface area (TPSA) is 18.5 Å². The smallest absolute Gasteiger partial charge is 0.145 e. The second-order valence-electron chi connectivity index (χ2n) is 20.2. The third kappa shape index (κ3) is 13.6. The average Bonchev–Trinajstić information content (AvgIpc) is 3.37. The Kier molecular flexibility index (Phi) is 19.5. The Morgan fingerprint density at radius 2 is 0.494 bits per heavy atom. The predicted octanol–water partition coefficient (Wildman–Crippen LogP) is 18.8. The van der Waals surface area contributed by atoms with Gasteiger partial charge >= 0.3 is 0 Å². The lowest BCUT2D eigenvalue weighted by Gasteiger charge is -2.35. The van der Waals surface area contributed by atoms with Crippen LogP contribution in [0.2, 0.25) is 23.1 Å². The number of nitrogens with one attached hydrogen (secondary N) is 1. The SMILES string of the molecule is C[Si](c1ccccc1)(c1ccccc1)c1cc(Br)c(Cl)c(Br)c1.C[Si](c1ccccc1)(c1ccccc1)c1cc(N(c2ccccc2)c2ccccc2)c(Cl)c(N(c2ccccc2)c2ccccc2)c1.c1ccc(Nc2ccccc2)cc1. The Balaban J connectivity index is 0.000000175. The molecule has 0 saturated carbocycles. The van der Waals surface area contributed by atoms with Crippen LogP contribution in [0.5, 0.6) is 0 Å². The summed E-state index contributed by atoms with van der Waals surface area (Å²) in [5.74, 6) is 0. The first-order chi connectivity index (χ1) is 40.6. The van der Waals surface area contributed by atoms with Crippen LogP contribution in [0.15, 0.2) is 337 Å². The highest BCUT2D eigenvalue weighted by Gasteiger charge is 2.37. The highest BCUT2D eigenvalue weighted by molar-refractivity contribution is 9.11. The number of rotatable bonds is 14. The van der Waals surface area contributed by atoms with Gasteiger partial charge in [0.25, 0.3) is 0 Å². The van der Waals surface area contributed by atoms with Crippen molar-refractivity contribution >= 4 is 148 Å². The molecule has 12 rings (SSSR count). The monoisotopic (exact) mass is 1280 g/mol. The molecule has 0 aliphatic heterocycles. The molecule has 0 bridgehead atoms. The van der Waals surface area contributed by atoms with Crippen LogP contribution in [0.25, 0.3) is 0 Å². The quantitative estimate of drug-likeness (QED) is 0.0665. The predicted molar refractivity (Wildman–Crippen MR) is 371 cm³/mol. The Labute approximate surface area is 518 Å². The van der Waals surface area contributed by atoms with Crippen molar-refractivity contribution in [2.24, 2.45) is 0 Å². The van der Waals surface area contributed by atoms with Crippen molar-refractivity contribution in [1.82, 2.24) is 0 Å². The van der Waals surface area contributed by atoms with E-state index in [2.05, 4.69) is 327 Å². The summed E-state index contributed by atoms with van der Waals surface area (Å²) in [5, 5.41) is 12.7. The van der Waals surface area contributed by atoms with Gasteiger partial charge in [0.1, 0.15) is 16.1 Å². The molecule has 12 aromatic rings. The second-order valence-corrected chi connectivity index (χ2v) is 30.6. The molecule has 0 aliphatic carbocycles. The van der Waals surface area contributed by atoms with Crippen molar-refractivity contribution < 1.29 is 0 Å². The number of benzene rings is 12. The van der Waals surface area contributed by atoms with Gasteiger partial charge in [-0.15, -0.1) is 0 Å². The maximum Gasteiger partial charge on any atom is 0.145 e. The van der Waals surface area contributed by atoms with Crippen LogP contribution in [-0.4, -0.2) is 16.1 Å².